The Morgan fingerprint density at radius 3 is 2.50 bits per heavy atom. The van der Waals surface area contributed by atoms with Gasteiger partial charge in [-0.3, -0.25) is 9.59 Å². The summed E-state index contributed by atoms with van der Waals surface area (Å²) in [5.41, 5.74) is 0.0377. The van der Waals surface area contributed by atoms with Crippen molar-refractivity contribution in [1.29, 1.82) is 0 Å². The summed E-state index contributed by atoms with van der Waals surface area (Å²) in [4.78, 5) is 25.2. The molecule has 7 heteroatoms. The zero-order valence-corrected chi connectivity index (χ0v) is 15.3. The van der Waals surface area contributed by atoms with Crippen LogP contribution in [0.15, 0.2) is 42.5 Å². The van der Waals surface area contributed by atoms with E-state index in [2.05, 4.69) is 10.6 Å². The quantitative estimate of drug-likeness (QED) is 0.751. The monoisotopic (exact) mass is 384 g/mol. The molecule has 0 unspecified atom stereocenters. The minimum atomic E-state index is -1.05. The van der Waals surface area contributed by atoms with Crippen LogP contribution in [0.1, 0.15) is 18.4 Å². The molecule has 4 rings (SSSR count). The Hall–Kier alpha value is -3.09. The fourth-order valence-electron chi connectivity index (χ4n) is 3.24. The zero-order valence-electron chi connectivity index (χ0n) is 15.3. The standard InChI is InChI=1S/C21H21FN2O4/c22-16-4-2-1-3-14(16)7-10-23-19(25)21(8-9-21)20(26)24-15-5-6-17-18(13-15)28-12-11-27-17/h1-6,13H,7-12H2,(H,23,25)(H,24,26). The predicted molar refractivity (Wildman–Crippen MR) is 101 cm³/mol. The second kappa shape index (κ2) is 7.50. The average Bonchev–Trinajstić information content (AvgIpc) is 3.51. The van der Waals surface area contributed by atoms with E-state index in [0.29, 0.717) is 55.2 Å². The van der Waals surface area contributed by atoms with Gasteiger partial charge < -0.3 is 20.1 Å². The number of carbonyl (C=O) groups excluding carboxylic acids is 2. The highest BCUT2D eigenvalue weighted by atomic mass is 19.1. The summed E-state index contributed by atoms with van der Waals surface area (Å²) in [6.45, 7) is 1.23. The number of halogens is 1. The van der Waals surface area contributed by atoms with Gasteiger partial charge >= 0.3 is 0 Å². The van der Waals surface area contributed by atoms with E-state index in [1.807, 2.05) is 0 Å². The number of amides is 2. The van der Waals surface area contributed by atoms with E-state index < -0.39 is 5.41 Å². The average molecular weight is 384 g/mol. The lowest BCUT2D eigenvalue weighted by atomic mass is 10.0. The number of nitrogens with one attached hydrogen (secondary N) is 2. The number of fused-ring (bicyclic) bond motifs is 1. The molecule has 1 fully saturated rings. The minimum Gasteiger partial charge on any atom is -0.486 e. The molecule has 146 valence electrons. The molecule has 1 saturated carbocycles. The van der Waals surface area contributed by atoms with Crippen molar-refractivity contribution in [3.05, 3.63) is 53.8 Å². The minimum absolute atomic E-state index is 0.277. The molecule has 0 bridgehead atoms. The summed E-state index contributed by atoms with van der Waals surface area (Å²) in [5.74, 6) is 0.250. The van der Waals surface area contributed by atoms with Crippen molar-refractivity contribution in [2.45, 2.75) is 19.3 Å². The van der Waals surface area contributed by atoms with Crippen molar-refractivity contribution < 1.29 is 23.5 Å². The molecule has 0 atom stereocenters. The van der Waals surface area contributed by atoms with Gasteiger partial charge in [0, 0.05) is 18.3 Å². The molecule has 0 aromatic heterocycles. The molecule has 2 aromatic rings. The summed E-state index contributed by atoms with van der Waals surface area (Å²) in [6, 6.07) is 11.6. The summed E-state index contributed by atoms with van der Waals surface area (Å²) in [5, 5.41) is 5.56. The maximum Gasteiger partial charge on any atom is 0.240 e. The lowest BCUT2D eigenvalue weighted by Crippen LogP contribution is -2.40. The third-order valence-electron chi connectivity index (χ3n) is 5.06. The Balaban J connectivity index is 1.34. The van der Waals surface area contributed by atoms with Crippen LogP contribution in [0.5, 0.6) is 11.5 Å². The van der Waals surface area contributed by atoms with Gasteiger partial charge in [0.25, 0.3) is 0 Å². The van der Waals surface area contributed by atoms with Gasteiger partial charge in [0.05, 0.1) is 0 Å². The Kier molecular flexibility index (Phi) is 4.90. The van der Waals surface area contributed by atoms with E-state index in [-0.39, 0.29) is 24.2 Å². The van der Waals surface area contributed by atoms with Crippen LogP contribution in [0, 0.1) is 11.2 Å². The first-order valence-corrected chi connectivity index (χ1v) is 9.31. The van der Waals surface area contributed by atoms with Crippen LogP contribution < -0.4 is 20.1 Å². The molecule has 0 spiro atoms. The highest BCUT2D eigenvalue weighted by Crippen LogP contribution is 2.47. The normalized spacial score (nSPS) is 16.2. The van der Waals surface area contributed by atoms with Gasteiger partial charge in [0.2, 0.25) is 11.8 Å². The molecule has 0 saturated heterocycles. The second-order valence-electron chi connectivity index (χ2n) is 6.99. The zero-order chi connectivity index (χ0) is 19.6. The van der Waals surface area contributed by atoms with Gasteiger partial charge in [0.15, 0.2) is 11.5 Å². The fourth-order valence-corrected chi connectivity index (χ4v) is 3.24. The fraction of sp³-hybridized carbons (Fsp3) is 0.333. The topological polar surface area (TPSA) is 76.7 Å². The molecule has 2 amide bonds. The predicted octanol–water partition coefficient (Wildman–Crippen LogP) is 2.67. The number of rotatable bonds is 6. The van der Waals surface area contributed by atoms with Gasteiger partial charge in [-0.1, -0.05) is 18.2 Å². The van der Waals surface area contributed by atoms with Crippen LogP contribution in [-0.4, -0.2) is 31.6 Å². The van der Waals surface area contributed by atoms with Crippen molar-refractivity contribution in [3.8, 4) is 11.5 Å². The van der Waals surface area contributed by atoms with E-state index >= 15 is 0 Å². The lowest BCUT2D eigenvalue weighted by Gasteiger charge is -2.20. The summed E-state index contributed by atoms with van der Waals surface area (Å²) in [7, 11) is 0. The van der Waals surface area contributed by atoms with Crippen LogP contribution in [0.4, 0.5) is 10.1 Å². The molecule has 1 aliphatic heterocycles. The Bertz CT molecular complexity index is 911. The van der Waals surface area contributed by atoms with Gasteiger partial charge in [-0.2, -0.15) is 0 Å². The smallest absolute Gasteiger partial charge is 0.240 e. The number of ether oxygens (including phenoxy) is 2. The molecule has 1 aliphatic carbocycles. The van der Waals surface area contributed by atoms with Crippen molar-refractivity contribution in [2.24, 2.45) is 5.41 Å². The Morgan fingerprint density at radius 2 is 1.75 bits per heavy atom. The first-order valence-electron chi connectivity index (χ1n) is 9.31. The number of anilines is 1. The highest BCUT2D eigenvalue weighted by Gasteiger charge is 2.56. The number of hydrogen-bond acceptors (Lipinski definition) is 4. The SMILES string of the molecule is O=C(NCCc1ccccc1F)C1(C(=O)Nc2ccc3c(c2)OCCO3)CC1. The van der Waals surface area contributed by atoms with Gasteiger partial charge in [-0.15, -0.1) is 0 Å². The molecule has 6 nitrogen and oxygen atoms in total. The maximum atomic E-state index is 13.7. The molecular formula is C21H21FN2O4. The number of benzene rings is 2. The third kappa shape index (κ3) is 3.65. The largest absolute Gasteiger partial charge is 0.486 e. The van der Waals surface area contributed by atoms with E-state index in [4.69, 9.17) is 9.47 Å². The van der Waals surface area contributed by atoms with Crippen LogP contribution in [0.25, 0.3) is 0 Å². The molecule has 1 heterocycles. The van der Waals surface area contributed by atoms with Gasteiger partial charge in [-0.25, -0.2) is 4.39 Å². The van der Waals surface area contributed by atoms with Crippen molar-refractivity contribution in [3.63, 3.8) is 0 Å². The van der Waals surface area contributed by atoms with E-state index in [0.717, 1.165) is 0 Å². The molecule has 2 aromatic carbocycles. The van der Waals surface area contributed by atoms with Crippen molar-refractivity contribution in [2.75, 3.05) is 25.1 Å². The van der Waals surface area contributed by atoms with Gasteiger partial charge in [0.1, 0.15) is 24.4 Å². The van der Waals surface area contributed by atoms with Crippen molar-refractivity contribution in [1.82, 2.24) is 5.32 Å². The van der Waals surface area contributed by atoms with E-state index in [9.17, 15) is 14.0 Å². The lowest BCUT2D eigenvalue weighted by molar-refractivity contribution is -0.134. The number of hydrogen-bond donors (Lipinski definition) is 2. The Labute approximate surface area is 162 Å². The molecule has 28 heavy (non-hydrogen) atoms. The van der Waals surface area contributed by atoms with Gasteiger partial charge in [-0.05, 0) is 43.0 Å². The number of carbonyl (C=O) groups is 2. The van der Waals surface area contributed by atoms with Crippen LogP contribution in [0.2, 0.25) is 0 Å². The Morgan fingerprint density at radius 1 is 1.00 bits per heavy atom. The summed E-state index contributed by atoms with van der Waals surface area (Å²) >= 11 is 0. The van der Waals surface area contributed by atoms with Crippen LogP contribution >= 0.6 is 0 Å². The van der Waals surface area contributed by atoms with Crippen LogP contribution in [-0.2, 0) is 16.0 Å². The highest BCUT2D eigenvalue weighted by molar-refractivity contribution is 6.13. The maximum absolute atomic E-state index is 13.7. The van der Waals surface area contributed by atoms with E-state index in [1.165, 1.54) is 6.07 Å². The van der Waals surface area contributed by atoms with E-state index in [1.54, 1.807) is 36.4 Å². The first-order chi connectivity index (χ1) is 13.6. The summed E-state index contributed by atoms with van der Waals surface area (Å²) in [6.07, 6.45) is 1.36. The molecule has 2 aliphatic rings. The third-order valence-corrected chi connectivity index (χ3v) is 5.06. The molecule has 2 N–H and O–H groups in total. The van der Waals surface area contributed by atoms with Crippen molar-refractivity contribution >= 4 is 17.5 Å². The summed E-state index contributed by atoms with van der Waals surface area (Å²) < 4.78 is 24.6. The first kappa shape index (κ1) is 18.3. The molecular weight excluding hydrogens is 363 g/mol. The second-order valence-corrected chi connectivity index (χ2v) is 6.99. The van der Waals surface area contributed by atoms with Crippen LogP contribution in [0.3, 0.4) is 0 Å². The molecule has 0 radical (unpaired) electrons.